The van der Waals surface area contributed by atoms with Gasteiger partial charge in [0.05, 0.1) is 6.21 Å². The van der Waals surface area contributed by atoms with Crippen molar-refractivity contribution in [2.75, 3.05) is 0 Å². The van der Waals surface area contributed by atoms with Crippen LogP contribution >= 0.6 is 0 Å². The van der Waals surface area contributed by atoms with Crippen LogP contribution in [0.15, 0.2) is 16.9 Å². The minimum Gasteiger partial charge on any atom is -0.292 e. The number of nitrogens with zero attached hydrogens (tertiary/aromatic N) is 1. The molecule has 1 rings (SSSR count). The van der Waals surface area contributed by atoms with E-state index in [0.717, 1.165) is 0 Å². The summed E-state index contributed by atoms with van der Waals surface area (Å²) in [6.07, 6.45) is 3.73. The van der Waals surface area contributed by atoms with E-state index in [4.69, 9.17) is 0 Å². The summed E-state index contributed by atoms with van der Waals surface area (Å²) in [5.74, 6) is 0.545. The molecule has 3 heteroatoms. The largest absolute Gasteiger partial charge is 0.292 e. The molecule has 0 amide bonds. The first-order valence-electron chi connectivity index (χ1n) is 3.04. The first-order chi connectivity index (χ1) is 4.30. The Morgan fingerprint density at radius 1 is 1.56 bits per heavy atom. The third kappa shape index (κ3) is 1.45. The van der Waals surface area contributed by atoms with E-state index in [-0.39, 0.29) is 0 Å². The molecule has 0 atom stereocenters. The van der Waals surface area contributed by atoms with Crippen LogP contribution in [0.5, 0.6) is 0 Å². The Morgan fingerprint density at radius 3 is 2.67 bits per heavy atom. The molecule has 0 aliphatic carbocycles. The summed E-state index contributed by atoms with van der Waals surface area (Å²) in [6, 6.07) is 0. The molecular formula is C6H11N3. The van der Waals surface area contributed by atoms with E-state index in [9.17, 15) is 0 Å². The molecule has 50 valence electrons. The molecule has 3 nitrogen and oxygen atoms in total. The van der Waals surface area contributed by atoms with Crippen LogP contribution in [-0.2, 0) is 0 Å². The van der Waals surface area contributed by atoms with Gasteiger partial charge in [-0.1, -0.05) is 13.8 Å². The van der Waals surface area contributed by atoms with E-state index in [2.05, 4.69) is 29.9 Å². The fraction of sp³-hybridized carbons (Fsp3) is 0.500. The van der Waals surface area contributed by atoms with Crippen molar-refractivity contribution in [3.8, 4) is 0 Å². The van der Waals surface area contributed by atoms with Crippen LogP contribution in [0.2, 0.25) is 0 Å². The zero-order valence-corrected chi connectivity index (χ0v) is 5.68. The number of hydrazone groups is 1. The van der Waals surface area contributed by atoms with Gasteiger partial charge < -0.3 is 0 Å². The quantitative estimate of drug-likeness (QED) is 0.539. The Morgan fingerprint density at radius 2 is 2.33 bits per heavy atom. The van der Waals surface area contributed by atoms with E-state index in [1.54, 1.807) is 0 Å². The minimum atomic E-state index is 0.545. The molecule has 0 spiro atoms. The summed E-state index contributed by atoms with van der Waals surface area (Å²) in [7, 11) is 0. The van der Waals surface area contributed by atoms with Gasteiger partial charge in [-0.2, -0.15) is 5.10 Å². The molecule has 0 radical (unpaired) electrons. The lowest BCUT2D eigenvalue weighted by molar-refractivity contribution is 0.641. The van der Waals surface area contributed by atoms with E-state index in [1.807, 2.05) is 12.4 Å². The summed E-state index contributed by atoms with van der Waals surface area (Å²) in [5, 5.41) is 3.83. The van der Waals surface area contributed by atoms with E-state index in [1.165, 1.54) is 5.57 Å². The number of hydrazine groups is 1. The van der Waals surface area contributed by atoms with Gasteiger partial charge >= 0.3 is 0 Å². The predicted octanol–water partition coefficient (Wildman–Crippen LogP) is 0.620. The molecule has 0 fully saturated rings. The highest BCUT2D eigenvalue weighted by molar-refractivity contribution is 5.79. The van der Waals surface area contributed by atoms with Crippen LogP contribution in [-0.4, -0.2) is 6.21 Å². The number of hydrogen-bond acceptors (Lipinski definition) is 3. The Labute approximate surface area is 54.8 Å². The fourth-order valence-electron chi connectivity index (χ4n) is 0.613. The lowest BCUT2D eigenvalue weighted by atomic mass is 10.1. The zero-order valence-electron chi connectivity index (χ0n) is 5.68. The van der Waals surface area contributed by atoms with Crippen molar-refractivity contribution in [3.05, 3.63) is 11.8 Å². The van der Waals surface area contributed by atoms with Crippen LogP contribution in [0.3, 0.4) is 0 Å². The molecule has 0 saturated carbocycles. The molecule has 0 aromatic carbocycles. The van der Waals surface area contributed by atoms with Gasteiger partial charge in [-0.15, -0.1) is 0 Å². The number of allylic oxidation sites excluding steroid dienone is 1. The Kier molecular flexibility index (Phi) is 1.72. The molecule has 0 bridgehead atoms. The Balaban J connectivity index is 2.58. The van der Waals surface area contributed by atoms with Crippen LogP contribution in [0, 0.1) is 5.92 Å². The molecule has 2 N–H and O–H groups in total. The number of hydrogen-bond donors (Lipinski definition) is 2. The molecule has 0 saturated heterocycles. The van der Waals surface area contributed by atoms with Crippen molar-refractivity contribution in [2.45, 2.75) is 13.8 Å². The molecule has 0 aromatic heterocycles. The summed E-state index contributed by atoms with van der Waals surface area (Å²) in [4.78, 5) is 0. The van der Waals surface area contributed by atoms with E-state index >= 15 is 0 Å². The summed E-state index contributed by atoms with van der Waals surface area (Å²) >= 11 is 0. The third-order valence-corrected chi connectivity index (χ3v) is 1.25. The van der Waals surface area contributed by atoms with Gasteiger partial charge in [0.1, 0.15) is 0 Å². The lowest BCUT2D eigenvalue weighted by Gasteiger charge is -2.10. The molecule has 1 aliphatic rings. The average molecular weight is 125 g/mol. The second kappa shape index (κ2) is 2.53. The highest BCUT2D eigenvalue weighted by atomic mass is 15.6. The van der Waals surface area contributed by atoms with Gasteiger partial charge in [0, 0.05) is 6.20 Å². The maximum Gasteiger partial charge on any atom is 0.0537 e. The Hall–Kier alpha value is -0.990. The Bertz CT molecular complexity index is 146. The monoisotopic (exact) mass is 125 g/mol. The van der Waals surface area contributed by atoms with Gasteiger partial charge in [0.15, 0.2) is 0 Å². The molecule has 9 heavy (non-hydrogen) atoms. The first kappa shape index (κ1) is 6.13. The molecular weight excluding hydrogens is 114 g/mol. The minimum absolute atomic E-state index is 0.545. The van der Waals surface area contributed by atoms with Crippen molar-refractivity contribution in [1.82, 2.24) is 11.0 Å². The zero-order chi connectivity index (χ0) is 6.69. The number of nitrogens with one attached hydrogen (secondary N) is 2. The lowest BCUT2D eigenvalue weighted by Crippen LogP contribution is -2.26. The van der Waals surface area contributed by atoms with Crippen LogP contribution < -0.4 is 11.0 Å². The van der Waals surface area contributed by atoms with Gasteiger partial charge in [-0.05, 0) is 11.5 Å². The second-order valence-electron chi connectivity index (χ2n) is 2.31. The highest BCUT2D eigenvalue weighted by Gasteiger charge is 2.00. The summed E-state index contributed by atoms with van der Waals surface area (Å²) in [6.45, 7) is 4.26. The van der Waals surface area contributed by atoms with Gasteiger partial charge in [0.2, 0.25) is 0 Å². The van der Waals surface area contributed by atoms with Crippen LogP contribution in [0.25, 0.3) is 0 Å². The maximum absolute atomic E-state index is 3.83. The molecule has 1 heterocycles. The maximum atomic E-state index is 3.83. The fourth-order valence-corrected chi connectivity index (χ4v) is 0.613. The number of rotatable bonds is 1. The van der Waals surface area contributed by atoms with Crippen molar-refractivity contribution in [3.63, 3.8) is 0 Å². The third-order valence-electron chi connectivity index (χ3n) is 1.25. The van der Waals surface area contributed by atoms with Crippen molar-refractivity contribution < 1.29 is 0 Å². The normalized spacial score (nSPS) is 16.6. The van der Waals surface area contributed by atoms with Gasteiger partial charge in [-0.25, -0.2) is 5.53 Å². The summed E-state index contributed by atoms with van der Waals surface area (Å²) < 4.78 is 0. The highest BCUT2D eigenvalue weighted by Crippen LogP contribution is 2.05. The van der Waals surface area contributed by atoms with Crippen LogP contribution in [0.1, 0.15) is 13.8 Å². The smallest absolute Gasteiger partial charge is 0.0537 e. The average Bonchev–Trinajstić information content (AvgIpc) is 1.90. The summed E-state index contributed by atoms with van der Waals surface area (Å²) in [5.41, 5.74) is 6.64. The standard InChI is InChI=1S/C6H11N3/c1-5(2)6-3-7-9-8-4-6/h3-5,7,9H,1-2H3. The SMILES string of the molecule is CC(C)C1=CNNN=C1. The first-order valence-corrected chi connectivity index (χ1v) is 3.04. The van der Waals surface area contributed by atoms with Gasteiger partial charge in [0.25, 0.3) is 0 Å². The van der Waals surface area contributed by atoms with Crippen molar-refractivity contribution in [2.24, 2.45) is 11.0 Å². The topological polar surface area (TPSA) is 36.4 Å². The van der Waals surface area contributed by atoms with E-state index in [0.29, 0.717) is 5.92 Å². The molecule has 0 aromatic rings. The van der Waals surface area contributed by atoms with Crippen molar-refractivity contribution in [1.29, 1.82) is 0 Å². The predicted molar refractivity (Wildman–Crippen MR) is 37.7 cm³/mol. The molecule has 0 unspecified atom stereocenters. The molecule has 1 aliphatic heterocycles. The van der Waals surface area contributed by atoms with E-state index < -0.39 is 0 Å². The van der Waals surface area contributed by atoms with Gasteiger partial charge in [-0.3, -0.25) is 5.43 Å². The van der Waals surface area contributed by atoms with Crippen molar-refractivity contribution >= 4 is 6.21 Å². The van der Waals surface area contributed by atoms with Crippen LogP contribution in [0.4, 0.5) is 0 Å². The second-order valence-corrected chi connectivity index (χ2v) is 2.31.